The van der Waals surface area contributed by atoms with Crippen molar-refractivity contribution in [3.8, 4) is 0 Å². The number of ether oxygens (including phenoxy) is 1. The maximum Gasteiger partial charge on any atom is 0.410 e. The van der Waals surface area contributed by atoms with E-state index in [1.807, 2.05) is 32.6 Å². The largest absolute Gasteiger partial charge is 0.444 e. The number of nitrogens with one attached hydrogen (secondary N) is 1. The second-order valence-corrected chi connectivity index (χ2v) is 6.26. The van der Waals surface area contributed by atoms with Gasteiger partial charge in [-0.3, -0.25) is 5.10 Å². The molecule has 1 aliphatic heterocycles. The molecule has 21 heavy (non-hydrogen) atoms. The Labute approximate surface area is 124 Å². The van der Waals surface area contributed by atoms with Crippen LogP contribution in [0.5, 0.6) is 0 Å². The van der Waals surface area contributed by atoms with E-state index >= 15 is 0 Å². The molecule has 3 N–H and O–H groups in total. The van der Waals surface area contributed by atoms with Crippen molar-refractivity contribution in [1.82, 2.24) is 20.1 Å². The second kappa shape index (κ2) is 5.88. The molecule has 1 amide bonds. The maximum atomic E-state index is 12.0. The van der Waals surface area contributed by atoms with Crippen molar-refractivity contribution >= 4 is 12.0 Å². The molecular weight excluding hydrogens is 272 g/mol. The van der Waals surface area contributed by atoms with Crippen LogP contribution in [0.25, 0.3) is 0 Å². The van der Waals surface area contributed by atoms with Crippen LogP contribution in [-0.4, -0.2) is 58.0 Å². The van der Waals surface area contributed by atoms with Crippen LogP contribution in [0.15, 0.2) is 0 Å². The number of carbonyl (C=O) groups excluding carboxylic acids is 1. The highest BCUT2D eigenvalue weighted by Gasteiger charge is 2.27. The highest BCUT2D eigenvalue weighted by molar-refractivity contribution is 5.68. The molecule has 1 saturated heterocycles. The van der Waals surface area contributed by atoms with Gasteiger partial charge in [0.15, 0.2) is 0 Å². The van der Waals surface area contributed by atoms with Gasteiger partial charge in [-0.15, -0.1) is 5.10 Å². The molecule has 1 atom stereocenters. The number of hydrogen-bond acceptors (Lipinski definition) is 6. The molecule has 0 aromatic carbocycles. The van der Waals surface area contributed by atoms with Crippen LogP contribution in [0.1, 0.15) is 39.6 Å². The molecule has 8 nitrogen and oxygen atoms in total. The minimum atomic E-state index is -0.468. The van der Waals surface area contributed by atoms with Gasteiger partial charge in [0.05, 0.1) is 6.04 Å². The summed E-state index contributed by atoms with van der Waals surface area (Å²) in [4.78, 5) is 20.1. The topological polar surface area (TPSA) is 100 Å². The highest BCUT2D eigenvalue weighted by atomic mass is 16.6. The molecule has 1 aliphatic rings. The number of anilines is 1. The van der Waals surface area contributed by atoms with Crippen LogP contribution in [-0.2, 0) is 4.74 Å². The Morgan fingerprint density at radius 1 is 1.33 bits per heavy atom. The van der Waals surface area contributed by atoms with Crippen LogP contribution in [0.2, 0.25) is 0 Å². The summed E-state index contributed by atoms with van der Waals surface area (Å²) in [7, 11) is 0. The Morgan fingerprint density at radius 3 is 2.43 bits per heavy atom. The summed E-state index contributed by atoms with van der Waals surface area (Å²) in [5.41, 5.74) is 5.29. The first-order valence-electron chi connectivity index (χ1n) is 7.17. The molecule has 1 unspecified atom stereocenters. The molecule has 1 aromatic rings. The second-order valence-electron chi connectivity index (χ2n) is 6.26. The predicted octanol–water partition coefficient (Wildman–Crippen LogP) is 0.882. The standard InChI is InChI=1S/C13H24N6O2/c1-9(14)10-15-11(17-16-10)18-5-7-19(8-6-18)12(20)21-13(2,3)4/h9H,5-8,14H2,1-4H3,(H,15,16,17). The lowest BCUT2D eigenvalue weighted by atomic mass is 10.2. The fourth-order valence-electron chi connectivity index (χ4n) is 2.03. The SMILES string of the molecule is CC(N)c1nc(N2CCN(C(=O)OC(C)(C)C)CC2)n[nH]1. The molecule has 0 saturated carbocycles. The summed E-state index contributed by atoms with van der Waals surface area (Å²) in [5.74, 6) is 1.30. The van der Waals surface area contributed by atoms with Crippen molar-refractivity contribution < 1.29 is 9.53 Å². The van der Waals surface area contributed by atoms with Gasteiger partial charge in [0, 0.05) is 26.2 Å². The van der Waals surface area contributed by atoms with Crippen molar-refractivity contribution in [2.75, 3.05) is 31.1 Å². The third kappa shape index (κ3) is 4.07. The first-order valence-corrected chi connectivity index (χ1v) is 7.17. The van der Waals surface area contributed by atoms with Gasteiger partial charge in [-0.2, -0.15) is 4.98 Å². The molecule has 118 valence electrons. The summed E-state index contributed by atoms with van der Waals surface area (Å²) >= 11 is 0. The van der Waals surface area contributed by atoms with Crippen LogP contribution in [0.4, 0.5) is 10.7 Å². The van der Waals surface area contributed by atoms with Crippen molar-refractivity contribution in [1.29, 1.82) is 0 Å². The number of rotatable bonds is 2. The minimum absolute atomic E-state index is 0.172. The molecule has 8 heteroatoms. The average molecular weight is 296 g/mol. The molecule has 1 aromatic heterocycles. The third-order valence-electron chi connectivity index (χ3n) is 3.14. The quantitative estimate of drug-likeness (QED) is 0.840. The predicted molar refractivity (Wildman–Crippen MR) is 79.0 cm³/mol. The van der Waals surface area contributed by atoms with Crippen LogP contribution in [0.3, 0.4) is 0 Å². The fourth-order valence-corrected chi connectivity index (χ4v) is 2.03. The van der Waals surface area contributed by atoms with Crippen LogP contribution >= 0.6 is 0 Å². The molecule has 0 radical (unpaired) electrons. The van der Waals surface area contributed by atoms with E-state index in [1.165, 1.54) is 0 Å². The van der Waals surface area contributed by atoms with E-state index in [2.05, 4.69) is 15.2 Å². The number of nitrogens with two attached hydrogens (primary N) is 1. The zero-order valence-corrected chi connectivity index (χ0v) is 13.1. The normalized spacial score (nSPS) is 17.8. The van der Waals surface area contributed by atoms with Crippen molar-refractivity contribution in [2.24, 2.45) is 5.73 Å². The zero-order chi connectivity index (χ0) is 15.6. The Balaban J connectivity index is 1.89. The fraction of sp³-hybridized carbons (Fsp3) is 0.769. The van der Waals surface area contributed by atoms with E-state index in [0.29, 0.717) is 38.0 Å². The lowest BCUT2D eigenvalue weighted by Crippen LogP contribution is -2.50. The van der Waals surface area contributed by atoms with Crippen LogP contribution < -0.4 is 10.6 Å². The lowest BCUT2D eigenvalue weighted by molar-refractivity contribution is 0.0240. The van der Waals surface area contributed by atoms with E-state index in [9.17, 15) is 4.79 Å². The van der Waals surface area contributed by atoms with Gasteiger partial charge in [-0.05, 0) is 27.7 Å². The first kappa shape index (κ1) is 15.6. The average Bonchev–Trinajstić information content (AvgIpc) is 2.86. The summed E-state index contributed by atoms with van der Waals surface area (Å²) in [6.45, 7) is 9.99. The number of amides is 1. The van der Waals surface area contributed by atoms with Gasteiger partial charge < -0.3 is 20.3 Å². The molecule has 0 spiro atoms. The van der Waals surface area contributed by atoms with E-state index in [4.69, 9.17) is 10.5 Å². The van der Waals surface area contributed by atoms with Crippen molar-refractivity contribution in [3.05, 3.63) is 5.82 Å². The molecule has 0 aliphatic carbocycles. The third-order valence-corrected chi connectivity index (χ3v) is 3.14. The zero-order valence-electron chi connectivity index (χ0n) is 13.1. The minimum Gasteiger partial charge on any atom is -0.444 e. The smallest absolute Gasteiger partial charge is 0.410 e. The van der Waals surface area contributed by atoms with Gasteiger partial charge in [0.1, 0.15) is 11.4 Å². The van der Waals surface area contributed by atoms with Gasteiger partial charge in [0.25, 0.3) is 0 Å². The molecule has 0 bridgehead atoms. The Kier molecular flexibility index (Phi) is 4.36. The van der Waals surface area contributed by atoms with Gasteiger partial charge in [0.2, 0.25) is 5.95 Å². The monoisotopic (exact) mass is 296 g/mol. The van der Waals surface area contributed by atoms with E-state index in [1.54, 1.807) is 4.90 Å². The molecule has 1 fully saturated rings. The summed E-state index contributed by atoms with van der Waals surface area (Å²) in [6, 6.07) is -0.172. The Hall–Kier alpha value is -1.83. The van der Waals surface area contributed by atoms with Gasteiger partial charge >= 0.3 is 6.09 Å². The number of H-pyrrole nitrogens is 1. The molecule has 2 heterocycles. The number of aromatic nitrogens is 3. The van der Waals surface area contributed by atoms with E-state index in [-0.39, 0.29) is 12.1 Å². The number of piperazine rings is 1. The lowest BCUT2D eigenvalue weighted by Gasteiger charge is -2.35. The highest BCUT2D eigenvalue weighted by Crippen LogP contribution is 2.15. The van der Waals surface area contributed by atoms with Crippen molar-refractivity contribution in [2.45, 2.75) is 39.3 Å². The number of aromatic amines is 1. The van der Waals surface area contributed by atoms with Crippen molar-refractivity contribution in [3.63, 3.8) is 0 Å². The Bertz CT molecular complexity index is 485. The summed E-state index contributed by atoms with van der Waals surface area (Å²) in [6.07, 6.45) is -0.270. The Morgan fingerprint density at radius 2 is 1.95 bits per heavy atom. The van der Waals surface area contributed by atoms with Gasteiger partial charge in [-0.25, -0.2) is 4.79 Å². The van der Waals surface area contributed by atoms with E-state index < -0.39 is 5.60 Å². The van der Waals surface area contributed by atoms with Gasteiger partial charge in [-0.1, -0.05) is 0 Å². The van der Waals surface area contributed by atoms with Crippen LogP contribution in [0, 0.1) is 0 Å². The molecular formula is C13H24N6O2. The van der Waals surface area contributed by atoms with E-state index in [0.717, 1.165) is 0 Å². The maximum absolute atomic E-state index is 12.0. The molecule has 2 rings (SSSR count). The number of carbonyl (C=O) groups is 1. The number of nitrogens with zero attached hydrogens (tertiary/aromatic N) is 4. The first-order chi connectivity index (χ1) is 9.76. The summed E-state index contributed by atoms with van der Waals surface area (Å²) < 4.78 is 5.37. The summed E-state index contributed by atoms with van der Waals surface area (Å²) in [5, 5.41) is 7.00. The number of hydrogen-bond donors (Lipinski definition) is 2.